The van der Waals surface area contributed by atoms with E-state index in [2.05, 4.69) is 13.0 Å². The molecular weight excluding hydrogens is 174 g/mol. The highest BCUT2D eigenvalue weighted by molar-refractivity contribution is 5.53. The summed E-state index contributed by atoms with van der Waals surface area (Å²) < 4.78 is 5.09. The van der Waals surface area contributed by atoms with Crippen LogP contribution >= 0.6 is 0 Å². The Balaban J connectivity index is 2.99. The molecule has 2 N–H and O–H groups in total. The lowest BCUT2D eigenvalue weighted by atomic mass is 9.99. The topological polar surface area (TPSA) is 35.2 Å². The number of benzene rings is 1. The molecule has 76 valence electrons. The van der Waals surface area contributed by atoms with Crippen molar-refractivity contribution in [1.82, 2.24) is 0 Å². The maximum Gasteiger partial charge on any atom is 0.120 e. The third-order valence-corrected chi connectivity index (χ3v) is 2.27. The van der Waals surface area contributed by atoms with Crippen LogP contribution in [0, 0.1) is 0 Å². The Morgan fingerprint density at radius 1 is 1.43 bits per heavy atom. The standard InChI is InChI=1S/C12H17NO/c1-4-5-9(2)11-7-6-10(14-3)8-12(11)13/h4-9H,13H2,1-3H3/b5-4+. The average molecular weight is 191 g/mol. The Hall–Kier alpha value is -1.44. The normalized spacial score (nSPS) is 13.1. The quantitative estimate of drug-likeness (QED) is 0.589. The van der Waals surface area contributed by atoms with Gasteiger partial charge in [-0.05, 0) is 18.6 Å². The highest BCUT2D eigenvalue weighted by Crippen LogP contribution is 2.26. The lowest BCUT2D eigenvalue weighted by molar-refractivity contribution is 0.415. The monoisotopic (exact) mass is 191 g/mol. The highest BCUT2D eigenvalue weighted by atomic mass is 16.5. The van der Waals surface area contributed by atoms with E-state index in [0.29, 0.717) is 5.92 Å². The summed E-state index contributed by atoms with van der Waals surface area (Å²) in [5.41, 5.74) is 7.84. The van der Waals surface area contributed by atoms with Crippen molar-refractivity contribution >= 4 is 5.69 Å². The van der Waals surface area contributed by atoms with Gasteiger partial charge in [0.25, 0.3) is 0 Å². The minimum Gasteiger partial charge on any atom is -0.497 e. The Kier molecular flexibility index (Phi) is 3.57. The fourth-order valence-corrected chi connectivity index (χ4v) is 1.49. The number of allylic oxidation sites excluding steroid dienone is 2. The molecule has 0 spiro atoms. The van der Waals surface area contributed by atoms with E-state index in [1.54, 1.807) is 7.11 Å². The summed E-state index contributed by atoms with van der Waals surface area (Å²) in [7, 11) is 1.64. The zero-order valence-electron chi connectivity index (χ0n) is 8.95. The number of anilines is 1. The fraction of sp³-hybridized carbons (Fsp3) is 0.333. The SMILES string of the molecule is C/C=C/C(C)c1ccc(OC)cc1N. The van der Waals surface area contributed by atoms with Crippen LogP contribution in [0.5, 0.6) is 5.75 Å². The summed E-state index contributed by atoms with van der Waals surface area (Å²) in [6, 6.07) is 5.81. The van der Waals surface area contributed by atoms with Crippen molar-refractivity contribution < 1.29 is 4.74 Å². The third-order valence-electron chi connectivity index (χ3n) is 2.27. The van der Waals surface area contributed by atoms with Gasteiger partial charge in [0.15, 0.2) is 0 Å². The van der Waals surface area contributed by atoms with E-state index in [0.717, 1.165) is 17.0 Å². The van der Waals surface area contributed by atoms with Crippen LogP contribution in [0.2, 0.25) is 0 Å². The Morgan fingerprint density at radius 3 is 2.64 bits per heavy atom. The first-order chi connectivity index (χ1) is 6.69. The van der Waals surface area contributed by atoms with Gasteiger partial charge in [-0.3, -0.25) is 0 Å². The van der Waals surface area contributed by atoms with Gasteiger partial charge in [-0.2, -0.15) is 0 Å². The van der Waals surface area contributed by atoms with Crippen LogP contribution in [0.4, 0.5) is 5.69 Å². The molecule has 1 unspecified atom stereocenters. The first kappa shape index (κ1) is 10.6. The molecule has 1 rings (SSSR count). The summed E-state index contributed by atoms with van der Waals surface area (Å²) in [5, 5.41) is 0. The van der Waals surface area contributed by atoms with E-state index in [1.165, 1.54) is 0 Å². The molecule has 2 nitrogen and oxygen atoms in total. The second kappa shape index (κ2) is 4.70. The smallest absolute Gasteiger partial charge is 0.120 e. The maximum atomic E-state index is 5.91. The molecule has 0 aliphatic carbocycles. The summed E-state index contributed by atoms with van der Waals surface area (Å²) in [6.45, 7) is 4.13. The fourth-order valence-electron chi connectivity index (χ4n) is 1.49. The first-order valence-electron chi connectivity index (χ1n) is 4.75. The molecule has 0 aliphatic heterocycles. The van der Waals surface area contributed by atoms with E-state index in [1.807, 2.05) is 31.2 Å². The van der Waals surface area contributed by atoms with Gasteiger partial charge in [0.1, 0.15) is 5.75 Å². The van der Waals surface area contributed by atoms with Crippen LogP contribution in [0.3, 0.4) is 0 Å². The van der Waals surface area contributed by atoms with Crippen LogP contribution in [0.15, 0.2) is 30.4 Å². The van der Waals surface area contributed by atoms with Crippen LogP contribution in [0.1, 0.15) is 25.3 Å². The Morgan fingerprint density at radius 2 is 2.14 bits per heavy atom. The number of hydrogen-bond acceptors (Lipinski definition) is 2. The van der Waals surface area contributed by atoms with E-state index in [-0.39, 0.29) is 0 Å². The molecule has 0 saturated carbocycles. The number of nitrogens with two attached hydrogens (primary N) is 1. The molecule has 2 heteroatoms. The number of methoxy groups -OCH3 is 1. The molecule has 0 heterocycles. The van der Waals surface area contributed by atoms with Crippen molar-refractivity contribution in [2.75, 3.05) is 12.8 Å². The zero-order chi connectivity index (χ0) is 10.6. The number of nitrogen functional groups attached to an aromatic ring is 1. The van der Waals surface area contributed by atoms with Crippen LogP contribution < -0.4 is 10.5 Å². The number of ether oxygens (including phenoxy) is 1. The summed E-state index contributed by atoms with van der Waals surface area (Å²) in [6.07, 6.45) is 4.16. The highest BCUT2D eigenvalue weighted by Gasteiger charge is 2.06. The predicted octanol–water partition coefficient (Wildman–Crippen LogP) is 2.96. The number of rotatable bonds is 3. The molecule has 0 aliphatic rings. The molecule has 1 atom stereocenters. The van der Waals surface area contributed by atoms with Crippen LogP contribution in [0.25, 0.3) is 0 Å². The van der Waals surface area contributed by atoms with Crippen molar-refractivity contribution in [3.8, 4) is 5.75 Å². The second-order valence-corrected chi connectivity index (χ2v) is 3.31. The molecule has 1 aromatic rings. The molecule has 0 saturated heterocycles. The Labute approximate surface area is 85.4 Å². The van der Waals surface area contributed by atoms with Gasteiger partial charge >= 0.3 is 0 Å². The molecule has 0 fully saturated rings. The largest absolute Gasteiger partial charge is 0.497 e. The van der Waals surface area contributed by atoms with Crippen molar-refractivity contribution in [3.63, 3.8) is 0 Å². The van der Waals surface area contributed by atoms with Gasteiger partial charge in [-0.15, -0.1) is 0 Å². The van der Waals surface area contributed by atoms with E-state index in [9.17, 15) is 0 Å². The predicted molar refractivity (Wildman–Crippen MR) is 60.6 cm³/mol. The Bertz CT molecular complexity index is 331. The van der Waals surface area contributed by atoms with Crippen LogP contribution in [-0.4, -0.2) is 7.11 Å². The van der Waals surface area contributed by atoms with Gasteiger partial charge in [-0.1, -0.05) is 25.1 Å². The first-order valence-corrected chi connectivity index (χ1v) is 4.75. The summed E-state index contributed by atoms with van der Waals surface area (Å²) in [4.78, 5) is 0. The minimum absolute atomic E-state index is 0.353. The van der Waals surface area contributed by atoms with E-state index >= 15 is 0 Å². The van der Waals surface area contributed by atoms with Gasteiger partial charge in [0.2, 0.25) is 0 Å². The average Bonchev–Trinajstić information content (AvgIpc) is 2.17. The van der Waals surface area contributed by atoms with Crippen molar-refractivity contribution in [2.24, 2.45) is 0 Å². The lowest BCUT2D eigenvalue weighted by Gasteiger charge is -2.11. The molecule has 0 bridgehead atoms. The van der Waals surface area contributed by atoms with Gasteiger partial charge in [0.05, 0.1) is 7.11 Å². The third kappa shape index (κ3) is 2.28. The summed E-state index contributed by atoms with van der Waals surface area (Å²) in [5.74, 6) is 1.16. The molecule has 14 heavy (non-hydrogen) atoms. The van der Waals surface area contributed by atoms with Crippen LogP contribution in [-0.2, 0) is 0 Å². The second-order valence-electron chi connectivity index (χ2n) is 3.31. The van der Waals surface area contributed by atoms with Gasteiger partial charge in [-0.25, -0.2) is 0 Å². The van der Waals surface area contributed by atoms with E-state index < -0.39 is 0 Å². The maximum absolute atomic E-state index is 5.91. The van der Waals surface area contributed by atoms with Gasteiger partial charge < -0.3 is 10.5 Å². The minimum atomic E-state index is 0.353. The van der Waals surface area contributed by atoms with E-state index in [4.69, 9.17) is 10.5 Å². The summed E-state index contributed by atoms with van der Waals surface area (Å²) >= 11 is 0. The van der Waals surface area contributed by atoms with Gasteiger partial charge in [0, 0.05) is 17.7 Å². The molecular formula is C12H17NO. The van der Waals surface area contributed by atoms with Crippen molar-refractivity contribution in [2.45, 2.75) is 19.8 Å². The van der Waals surface area contributed by atoms with Crippen molar-refractivity contribution in [3.05, 3.63) is 35.9 Å². The van der Waals surface area contributed by atoms with Crippen molar-refractivity contribution in [1.29, 1.82) is 0 Å². The molecule has 0 aromatic heterocycles. The zero-order valence-corrected chi connectivity index (χ0v) is 8.95. The molecule has 1 aromatic carbocycles. The number of hydrogen-bond donors (Lipinski definition) is 1. The molecule has 0 radical (unpaired) electrons. The molecule has 0 amide bonds. The lowest BCUT2D eigenvalue weighted by Crippen LogP contribution is -1.97.